The van der Waals surface area contributed by atoms with E-state index in [4.69, 9.17) is 0 Å². The van der Waals surface area contributed by atoms with Crippen molar-refractivity contribution in [3.05, 3.63) is 0 Å². The van der Waals surface area contributed by atoms with Crippen LogP contribution in [0.4, 0.5) is 13.2 Å². The Kier molecular flexibility index (Phi) is 2.98. The average molecular weight is 180 g/mol. The number of rotatable bonds is 1. The van der Waals surface area contributed by atoms with Crippen LogP contribution in [0.2, 0.25) is 5.54 Å². The second-order valence-electron chi connectivity index (χ2n) is 2.98. The van der Waals surface area contributed by atoms with Gasteiger partial charge in [0.1, 0.15) is 0 Å². The molecule has 1 aliphatic rings. The van der Waals surface area contributed by atoms with E-state index in [9.17, 15) is 13.2 Å². The Bertz CT molecular complexity index is 115. The van der Waals surface area contributed by atoms with Crippen molar-refractivity contribution >= 4 is 9.52 Å². The van der Waals surface area contributed by atoms with E-state index in [1.165, 1.54) is 0 Å². The molecular weight excluding hydrogens is 169 g/mol. The molecule has 0 aromatic rings. The van der Waals surface area contributed by atoms with Gasteiger partial charge in [-0.25, -0.2) is 0 Å². The van der Waals surface area contributed by atoms with Crippen LogP contribution in [0.25, 0.3) is 0 Å². The van der Waals surface area contributed by atoms with Gasteiger partial charge in [-0.15, -0.1) is 0 Å². The van der Waals surface area contributed by atoms with Gasteiger partial charge in [0.2, 0.25) is 0 Å². The highest BCUT2D eigenvalue weighted by atomic mass is 28.2. The maximum absolute atomic E-state index is 11.9. The van der Waals surface area contributed by atoms with Crippen molar-refractivity contribution in [3.8, 4) is 0 Å². The predicted octanol–water partition coefficient (Wildman–Crippen LogP) is 2.96. The van der Waals surface area contributed by atoms with Crippen molar-refractivity contribution in [1.82, 2.24) is 0 Å². The van der Waals surface area contributed by atoms with Crippen molar-refractivity contribution in [2.24, 2.45) is 0 Å². The largest absolute Gasteiger partial charge is 0.357 e. The Labute approximate surface area is 67.0 Å². The normalized spacial score (nSPS) is 22.1. The van der Waals surface area contributed by atoms with Crippen LogP contribution in [0.1, 0.15) is 32.1 Å². The average Bonchev–Trinajstić information content (AvgIpc) is 1.85. The first kappa shape index (κ1) is 9.10. The molecule has 0 N–H and O–H groups in total. The minimum atomic E-state index is -3.91. The van der Waals surface area contributed by atoms with Crippen molar-refractivity contribution < 1.29 is 13.2 Å². The Hall–Kier alpha value is 0.00688. The number of hydrogen-bond acceptors (Lipinski definition) is 0. The van der Waals surface area contributed by atoms with E-state index in [1.807, 2.05) is 0 Å². The number of hydrogen-bond donors (Lipinski definition) is 0. The first-order chi connectivity index (χ1) is 5.08. The summed E-state index contributed by atoms with van der Waals surface area (Å²) in [6.07, 6.45) is 4.69. The van der Waals surface area contributed by atoms with E-state index in [1.54, 1.807) is 0 Å². The number of halogens is 3. The molecule has 0 aromatic carbocycles. The van der Waals surface area contributed by atoms with E-state index in [0.717, 1.165) is 32.1 Å². The molecule has 1 fully saturated rings. The molecule has 0 unspecified atom stereocenters. The van der Waals surface area contributed by atoms with Gasteiger partial charge in [0.25, 0.3) is 0 Å². The monoisotopic (exact) mass is 180 g/mol. The molecule has 0 spiro atoms. The summed E-state index contributed by atoms with van der Waals surface area (Å²) in [5.74, 6) is -3.91. The third-order valence-corrected chi connectivity index (χ3v) is 3.29. The summed E-state index contributed by atoms with van der Waals surface area (Å²) in [5, 5.41) is 0. The Morgan fingerprint density at radius 1 is 1.00 bits per heavy atom. The van der Waals surface area contributed by atoms with Crippen LogP contribution >= 0.6 is 0 Å². The summed E-state index contributed by atoms with van der Waals surface area (Å²) in [4.78, 5) is 0. The zero-order valence-corrected chi connectivity index (χ0v) is 7.25. The smallest absolute Gasteiger partial charge is 0.177 e. The molecule has 0 heterocycles. The van der Waals surface area contributed by atoms with Gasteiger partial charge >= 0.3 is 5.80 Å². The lowest BCUT2D eigenvalue weighted by atomic mass is 10.0. The molecule has 0 amide bonds. The molecule has 2 radical (unpaired) electrons. The van der Waals surface area contributed by atoms with Crippen LogP contribution in [-0.4, -0.2) is 15.3 Å². The lowest BCUT2D eigenvalue weighted by molar-refractivity contribution is -0.0487. The number of alkyl halides is 3. The van der Waals surface area contributed by atoms with Gasteiger partial charge in [-0.2, -0.15) is 13.2 Å². The Morgan fingerprint density at radius 3 is 2.00 bits per heavy atom. The molecule has 11 heavy (non-hydrogen) atoms. The van der Waals surface area contributed by atoms with E-state index in [0.29, 0.717) is 0 Å². The quantitative estimate of drug-likeness (QED) is 0.544. The molecule has 0 nitrogen and oxygen atoms in total. The SMILES string of the molecule is FC(F)(F)[Si]C1CCCCC1. The highest BCUT2D eigenvalue weighted by molar-refractivity contribution is 6.40. The van der Waals surface area contributed by atoms with Gasteiger partial charge in [-0.3, -0.25) is 0 Å². The first-order valence-electron chi connectivity index (χ1n) is 3.92. The molecule has 0 aliphatic heterocycles. The minimum absolute atomic E-state index is 0.0521. The summed E-state index contributed by atoms with van der Waals surface area (Å²) in [6, 6.07) is 0. The van der Waals surface area contributed by atoms with Crippen LogP contribution in [0.15, 0.2) is 0 Å². The fourth-order valence-electron chi connectivity index (χ4n) is 1.48. The van der Waals surface area contributed by atoms with E-state index in [2.05, 4.69) is 0 Å². The molecule has 1 saturated carbocycles. The van der Waals surface area contributed by atoms with E-state index < -0.39 is 15.3 Å². The molecule has 1 rings (SSSR count). The van der Waals surface area contributed by atoms with Crippen LogP contribution in [0.3, 0.4) is 0 Å². The van der Waals surface area contributed by atoms with Crippen molar-refractivity contribution in [3.63, 3.8) is 0 Å². The molecule has 0 saturated heterocycles. The molecule has 4 heteroatoms. The fraction of sp³-hybridized carbons (Fsp3) is 1.00. The lowest BCUT2D eigenvalue weighted by Crippen LogP contribution is -2.24. The zero-order valence-electron chi connectivity index (χ0n) is 6.25. The van der Waals surface area contributed by atoms with Gasteiger partial charge < -0.3 is 0 Å². The van der Waals surface area contributed by atoms with E-state index >= 15 is 0 Å². The summed E-state index contributed by atoms with van der Waals surface area (Å²) in [5.41, 5.74) is -0.0521. The maximum atomic E-state index is 11.9. The van der Waals surface area contributed by atoms with Crippen LogP contribution in [0, 0.1) is 0 Å². The molecule has 1 aliphatic carbocycles. The van der Waals surface area contributed by atoms with Crippen LogP contribution in [-0.2, 0) is 0 Å². The first-order valence-corrected chi connectivity index (χ1v) is 5.00. The second-order valence-corrected chi connectivity index (χ2v) is 4.65. The van der Waals surface area contributed by atoms with Gasteiger partial charge in [-0.1, -0.05) is 32.1 Å². The van der Waals surface area contributed by atoms with Gasteiger partial charge in [0.05, 0.1) is 0 Å². The standard InChI is InChI=1S/C7H11F3Si/c8-7(9,10)11-6-4-2-1-3-5-6/h6H,1-5H2. The highest BCUT2D eigenvalue weighted by Crippen LogP contribution is 2.32. The summed E-state index contributed by atoms with van der Waals surface area (Å²) in [7, 11) is -0.809. The van der Waals surface area contributed by atoms with Gasteiger partial charge in [0.15, 0.2) is 9.52 Å². The van der Waals surface area contributed by atoms with Gasteiger partial charge in [0, 0.05) is 0 Å². The summed E-state index contributed by atoms with van der Waals surface area (Å²) >= 11 is 0. The second kappa shape index (κ2) is 3.60. The van der Waals surface area contributed by atoms with E-state index in [-0.39, 0.29) is 5.54 Å². The molecule has 64 valence electrons. The maximum Gasteiger partial charge on any atom is 0.357 e. The topological polar surface area (TPSA) is 0 Å². The zero-order chi connectivity index (χ0) is 8.32. The fourth-order valence-corrected chi connectivity index (χ4v) is 2.64. The Balaban J connectivity index is 2.24. The molecule has 0 atom stereocenters. The van der Waals surface area contributed by atoms with Gasteiger partial charge in [-0.05, 0) is 5.54 Å². The molecule has 0 bridgehead atoms. The lowest BCUT2D eigenvalue weighted by Gasteiger charge is -2.21. The third kappa shape index (κ3) is 3.79. The molecule has 0 aromatic heterocycles. The van der Waals surface area contributed by atoms with Crippen molar-refractivity contribution in [2.45, 2.75) is 43.4 Å². The van der Waals surface area contributed by atoms with Crippen LogP contribution in [0.5, 0.6) is 0 Å². The van der Waals surface area contributed by atoms with Crippen molar-refractivity contribution in [1.29, 1.82) is 0 Å². The summed E-state index contributed by atoms with van der Waals surface area (Å²) < 4.78 is 35.6. The van der Waals surface area contributed by atoms with Crippen LogP contribution < -0.4 is 0 Å². The highest BCUT2D eigenvalue weighted by Gasteiger charge is 2.33. The molecular formula is C7H11F3Si. The predicted molar refractivity (Wildman–Crippen MR) is 38.6 cm³/mol. The Morgan fingerprint density at radius 2 is 1.55 bits per heavy atom. The third-order valence-electron chi connectivity index (χ3n) is 1.97. The minimum Gasteiger partial charge on any atom is -0.177 e. The van der Waals surface area contributed by atoms with Crippen molar-refractivity contribution in [2.75, 3.05) is 0 Å². The summed E-state index contributed by atoms with van der Waals surface area (Å²) in [6.45, 7) is 0.